The number of fused-ring (bicyclic) bond motifs is 1. The first kappa shape index (κ1) is 10.7. The van der Waals surface area contributed by atoms with Gasteiger partial charge >= 0.3 is 0 Å². The fraction of sp³-hybridized carbons (Fsp3) is 0.154. The number of rotatable bonds is 2. The number of aryl methyl sites for hydroxylation is 1. The van der Waals surface area contributed by atoms with Crippen molar-refractivity contribution in [2.75, 3.05) is 5.73 Å². The molecule has 5 heteroatoms. The highest BCUT2D eigenvalue weighted by molar-refractivity contribution is 5.42. The number of nitrogens with zero attached hydrogens (tertiary/aromatic N) is 4. The van der Waals surface area contributed by atoms with Gasteiger partial charge in [0.25, 0.3) is 0 Å². The van der Waals surface area contributed by atoms with E-state index < -0.39 is 0 Å². The maximum atomic E-state index is 5.77. The molecule has 0 spiro atoms. The summed E-state index contributed by atoms with van der Waals surface area (Å²) in [6.45, 7) is 1.95. The maximum Gasteiger partial charge on any atom is 0.177 e. The molecule has 0 radical (unpaired) electrons. The third kappa shape index (κ3) is 1.90. The minimum absolute atomic E-state index is 0.669. The zero-order chi connectivity index (χ0) is 12.5. The maximum absolute atomic E-state index is 5.77. The number of hydrogen-bond acceptors (Lipinski definition) is 4. The summed E-state index contributed by atoms with van der Waals surface area (Å²) in [6.07, 6.45) is 0.669. The van der Waals surface area contributed by atoms with Crippen LogP contribution >= 0.6 is 0 Å². The molecular formula is C13H13N5. The van der Waals surface area contributed by atoms with E-state index in [2.05, 4.69) is 15.3 Å². The van der Waals surface area contributed by atoms with Gasteiger partial charge in [-0.15, -0.1) is 10.2 Å². The number of hydrogen-bond donors (Lipinski definition) is 1. The van der Waals surface area contributed by atoms with E-state index in [0.29, 0.717) is 6.42 Å². The molecule has 3 aromatic rings. The van der Waals surface area contributed by atoms with Crippen LogP contribution in [0.2, 0.25) is 0 Å². The molecule has 0 atom stereocenters. The van der Waals surface area contributed by atoms with Crippen LogP contribution in [0, 0.1) is 6.92 Å². The van der Waals surface area contributed by atoms with Gasteiger partial charge < -0.3 is 5.73 Å². The van der Waals surface area contributed by atoms with Gasteiger partial charge in [0, 0.05) is 12.1 Å². The molecule has 2 N–H and O–H groups in total. The van der Waals surface area contributed by atoms with Crippen LogP contribution in [0.15, 0.2) is 36.4 Å². The van der Waals surface area contributed by atoms with Gasteiger partial charge in [0.1, 0.15) is 0 Å². The number of nitrogens with two attached hydrogens (primary N) is 1. The second-order valence-electron chi connectivity index (χ2n) is 4.28. The van der Waals surface area contributed by atoms with E-state index >= 15 is 0 Å². The average Bonchev–Trinajstić information content (AvgIpc) is 2.72. The van der Waals surface area contributed by atoms with Gasteiger partial charge in [-0.2, -0.15) is 9.61 Å². The van der Waals surface area contributed by atoms with Crippen molar-refractivity contribution in [1.82, 2.24) is 19.8 Å². The summed E-state index contributed by atoms with van der Waals surface area (Å²) in [6, 6.07) is 11.6. The second kappa shape index (κ2) is 4.10. The summed E-state index contributed by atoms with van der Waals surface area (Å²) in [5.74, 6) is 0.819. The van der Waals surface area contributed by atoms with Crippen molar-refractivity contribution in [2.45, 2.75) is 13.3 Å². The van der Waals surface area contributed by atoms with Crippen LogP contribution in [0.3, 0.4) is 0 Å². The van der Waals surface area contributed by atoms with Gasteiger partial charge in [0.15, 0.2) is 11.5 Å². The van der Waals surface area contributed by atoms with Crippen LogP contribution in [0.5, 0.6) is 0 Å². The average molecular weight is 239 g/mol. The summed E-state index contributed by atoms with van der Waals surface area (Å²) in [7, 11) is 0. The van der Waals surface area contributed by atoms with E-state index in [9.17, 15) is 0 Å². The Kier molecular flexibility index (Phi) is 2.44. The number of anilines is 1. The molecule has 0 aliphatic heterocycles. The Labute approximate surface area is 104 Å². The third-order valence-corrected chi connectivity index (χ3v) is 2.77. The van der Waals surface area contributed by atoms with Crippen molar-refractivity contribution in [3.63, 3.8) is 0 Å². The Hall–Kier alpha value is -2.43. The number of nitrogen functional groups attached to an aromatic ring is 1. The third-order valence-electron chi connectivity index (χ3n) is 2.77. The van der Waals surface area contributed by atoms with E-state index in [4.69, 9.17) is 5.73 Å². The molecule has 3 rings (SSSR count). The molecule has 0 bridgehead atoms. The molecule has 1 aromatic carbocycles. The lowest BCUT2D eigenvalue weighted by molar-refractivity contribution is 0.820. The topological polar surface area (TPSA) is 69.1 Å². The van der Waals surface area contributed by atoms with E-state index in [1.807, 2.05) is 43.3 Å². The van der Waals surface area contributed by atoms with Crippen molar-refractivity contribution in [3.05, 3.63) is 53.5 Å². The fourth-order valence-electron chi connectivity index (χ4n) is 1.92. The zero-order valence-corrected chi connectivity index (χ0v) is 10.0. The number of aromatic nitrogens is 4. The van der Waals surface area contributed by atoms with Gasteiger partial charge in [-0.05, 0) is 36.8 Å². The predicted octanol–water partition coefficient (Wildman–Crippen LogP) is 1.61. The van der Waals surface area contributed by atoms with E-state index in [-0.39, 0.29) is 0 Å². The first-order chi connectivity index (χ1) is 8.72. The van der Waals surface area contributed by atoms with Crippen LogP contribution in [0.25, 0.3) is 5.65 Å². The highest BCUT2D eigenvalue weighted by Gasteiger charge is 2.07. The second-order valence-corrected chi connectivity index (χ2v) is 4.28. The molecule has 0 aliphatic carbocycles. The quantitative estimate of drug-likeness (QED) is 0.690. The Bertz CT molecular complexity index is 701. The Morgan fingerprint density at radius 2 is 2.06 bits per heavy atom. The van der Waals surface area contributed by atoms with Gasteiger partial charge in [-0.3, -0.25) is 0 Å². The molecule has 0 aliphatic rings. The highest BCUT2D eigenvalue weighted by Crippen LogP contribution is 2.12. The summed E-state index contributed by atoms with van der Waals surface area (Å²) in [5.41, 5.74) is 9.33. The van der Waals surface area contributed by atoms with Gasteiger partial charge in [-0.25, -0.2) is 0 Å². The van der Waals surface area contributed by atoms with Gasteiger partial charge in [-0.1, -0.05) is 12.1 Å². The van der Waals surface area contributed by atoms with Crippen molar-refractivity contribution in [2.24, 2.45) is 0 Å². The van der Waals surface area contributed by atoms with Crippen molar-refractivity contribution in [1.29, 1.82) is 0 Å². The van der Waals surface area contributed by atoms with E-state index in [0.717, 1.165) is 28.4 Å². The summed E-state index contributed by atoms with van der Waals surface area (Å²) >= 11 is 0. The molecule has 0 saturated carbocycles. The SMILES string of the molecule is Cc1ccc2nnc(Cc3cccc(N)c3)n2n1. The number of benzene rings is 1. The fourth-order valence-corrected chi connectivity index (χ4v) is 1.92. The van der Waals surface area contributed by atoms with E-state index in [1.165, 1.54) is 0 Å². The van der Waals surface area contributed by atoms with Crippen LogP contribution in [-0.4, -0.2) is 19.8 Å². The molecular weight excluding hydrogens is 226 g/mol. The Morgan fingerprint density at radius 1 is 1.17 bits per heavy atom. The van der Waals surface area contributed by atoms with E-state index in [1.54, 1.807) is 4.52 Å². The van der Waals surface area contributed by atoms with Crippen LogP contribution in [-0.2, 0) is 6.42 Å². The van der Waals surface area contributed by atoms with Crippen molar-refractivity contribution < 1.29 is 0 Å². The van der Waals surface area contributed by atoms with Crippen LogP contribution < -0.4 is 5.73 Å². The highest BCUT2D eigenvalue weighted by atomic mass is 15.4. The monoisotopic (exact) mass is 239 g/mol. The summed E-state index contributed by atoms with van der Waals surface area (Å²) in [5, 5.41) is 12.7. The molecule has 0 saturated heterocycles. The van der Waals surface area contributed by atoms with Gasteiger partial charge in [0.2, 0.25) is 0 Å². The lowest BCUT2D eigenvalue weighted by Crippen LogP contribution is -2.01. The van der Waals surface area contributed by atoms with Crippen LogP contribution in [0.1, 0.15) is 17.1 Å². The molecule has 2 aromatic heterocycles. The molecule has 0 amide bonds. The lowest BCUT2D eigenvalue weighted by Gasteiger charge is -2.01. The van der Waals surface area contributed by atoms with Crippen molar-refractivity contribution >= 4 is 11.3 Å². The molecule has 5 nitrogen and oxygen atoms in total. The van der Waals surface area contributed by atoms with Crippen molar-refractivity contribution in [3.8, 4) is 0 Å². The zero-order valence-electron chi connectivity index (χ0n) is 10.0. The van der Waals surface area contributed by atoms with Gasteiger partial charge in [0.05, 0.1) is 5.69 Å². The Balaban J connectivity index is 2.02. The molecule has 18 heavy (non-hydrogen) atoms. The summed E-state index contributed by atoms with van der Waals surface area (Å²) < 4.78 is 1.78. The first-order valence-electron chi connectivity index (χ1n) is 5.75. The largest absolute Gasteiger partial charge is 0.399 e. The molecule has 0 fully saturated rings. The van der Waals surface area contributed by atoms with Crippen LogP contribution in [0.4, 0.5) is 5.69 Å². The smallest absolute Gasteiger partial charge is 0.177 e. The standard InChI is InChI=1S/C13H13N5/c1-9-5-6-12-15-16-13(18(12)17-9)8-10-3-2-4-11(14)7-10/h2-7H,8,14H2,1H3. The lowest BCUT2D eigenvalue weighted by atomic mass is 10.1. The molecule has 90 valence electrons. The first-order valence-corrected chi connectivity index (χ1v) is 5.75. The predicted molar refractivity (Wildman–Crippen MR) is 69.2 cm³/mol. The summed E-state index contributed by atoms with van der Waals surface area (Å²) in [4.78, 5) is 0. The minimum Gasteiger partial charge on any atom is -0.399 e. The Morgan fingerprint density at radius 3 is 2.89 bits per heavy atom. The molecule has 2 heterocycles. The minimum atomic E-state index is 0.669. The molecule has 0 unspecified atom stereocenters. The normalized spacial score (nSPS) is 10.9.